The number of anilines is 1. The normalized spacial score (nSPS) is 14.6. The molecular formula is C20H21FN2O4. The Kier molecular flexibility index (Phi) is 5.90. The van der Waals surface area contributed by atoms with E-state index in [0.717, 1.165) is 5.56 Å². The van der Waals surface area contributed by atoms with Crippen LogP contribution in [-0.4, -0.2) is 41.9 Å². The molecule has 1 aliphatic heterocycles. The van der Waals surface area contributed by atoms with Gasteiger partial charge in [0, 0.05) is 18.7 Å². The lowest BCUT2D eigenvalue weighted by atomic mass is 9.98. The van der Waals surface area contributed by atoms with Crippen LogP contribution >= 0.6 is 0 Å². The number of hydrogen-bond donors (Lipinski definition) is 2. The molecule has 2 amide bonds. The Bertz CT molecular complexity index is 805. The van der Waals surface area contributed by atoms with Crippen LogP contribution in [0.15, 0.2) is 48.5 Å². The lowest BCUT2D eigenvalue weighted by Gasteiger charge is -2.29. The predicted molar refractivity (Wildman–Crippen MR) is 99.1 cm³/mol. The van der Waals surface area contributed by atoms with E-state index in [1.54, 1.807) is 0 Å². The van der Waals surface area contributed by atoms with Crippen LogP contribution in [0.4, 0.5) is 19.7 Å². The molecule has 27 heavy (non-hydrogen) atoms. The minimum Gasteiger partial charge on any atom is -0.465 e. The Morgan fingerprint density at radius 2 is 1.85 bits per heavy atom. The quantitative estimate of drug-likeness (QED) is 0.832. The van der Waals surface area contributed by atoms with Gasteiger partial charge in [-0.3, -0.25) is 5.32 Å². The van der Waals surface area contributed by atoms with Crippen molar-refractivity contribution in [1.29, 1.82) is 0 Å². The molecule has 1 fully saturated rings. The number of rotatable bonds is 4. The molecule has 7 heteroatoms. The number of nitrogens with one attached hydrogen (secondary N) is 1. The highest BCUT2D eigenvalue weighted by molar-refractivity contribution is 5.91. The highest BCUT2D eigenvalue weighted by Crippen LogP contribution is 2.29. The van der Waals surface area contributed by atoms with Gasteiger partial charge in [0.25, 0.3) is 0 Å². The van der Waals surface area contributed by atoms with Crippen molar-refractivity contribution in [2.45, 2.75) is 12.8 Å². The minimum atomic E-state index is -0.920. The Hall–Kier alpha value is -3.09. The van der Waals surface area contributed by atoms with E-state index in [-0.39, 0.29) is 12.5 Å². The fourth-order valence-electron chi connectivity index (χ4n) is 3.11. The number of likely N-dealkylation sites (tertiary alicyclic amines) is 1. The van der Waals surface area contributed by atoms with Crippen LogP contribution in [0, 0.1) is 11.7 Å². The summed E-state index contributed by atoms with van der Waals surface area (Å²) < 4.78 is 19.0. The summed E-state index contributed by atoms with van der Waals surface area (Å²) in [6, 6.07) is 13.4. The summed E-state index contributed by atoms with van der Waals surface area (Å²) in [6.07, 6.45) is -0.215. The average Bonchev–Trinajstić information content (AvgIpc) is 2.69. The lowest BCUT2D eigenvalue weighted by Crippen LogP contribution is -2.38. The van der Waals surface area contributed by atoms with Gasteiger partial charge >= 0.3 is 12.2 Å². The third kappa shape index (κ3) is 4.97. The Morgan fingerprint density at radius 1 is 1.15 bits per heavy atom. The number of ether oxygens (including phenoxy) is 1. The second-order valence-corrected chi connectivity index (χ2v) is 6.49. The molecule has 0 bridgehead atoms. The molecule has 142 valence electrons. The molecule has 1 aliphatic rings. The van der Waals surface area contributed by atoms with E-state index in [9.17, 15) is 14.0 Å². The van der Waals surface area contributed by atoms with E-state index in [1.807, 2.05) is 30.3 Å². The molecular weight excluding hydrogens is 351 g/mol. The molecule has 0 radical (unpaired) electrons. The van der Waals surface area contributed by atoms with Crippen LogP contribution < -0.4 is 5.32 Å². The maximum absolute atomic E-state index is 13.7. The fourth-order valence-corrected chi connectivity index (χ4v) is 3.11. The lowest BCUT2D eigenvalue weighted by molar-refractivity contribution is 0.0948. The van der Waals surface area contributed by atoms with Gasteiger partial charge in [-0.15, -0.1) is 0 Å². The van der Waals surface area contributed by atoms with Crippen molar-refractivity contribution in [3.63, 3.8) is 0 Å². The second kappa shape index (κ2) is 8.53. The largest absolute Gasteiger partial charge is 0.465 e. The number of carbonyl (C=O) groups excluding carboxylic acids is 1. The van der Waals surface area contributed by atoms with Crippen molar-refractivity contribution < 1.29 is 23.8 Å². The SMILES string of the molecule is O=C(Nc1ccc(F)cc1-c1ccccc1)OCC1CCN(C(=O)O)CC1. The smallest absolute Gasteiger partial charge is 0.411 e. The molecule has 0 spiro atoms. The zero-order chi connectivity index (χ0) is 19.2. The van der Waals surface area contributed by atoms with Crippen LogP contribution in [0.2, 0.25) is 0 Å². The van der Waals surface area contributed by atoms with E-state index < -0.39 is 18.0 Å². The van der Waals surface area contributed by atoms with E-state index in [1.165, 1.54) is 23.1 Å². The molecule has 2 N–H and O–H groups in total. The highest BCUT2D eigenvalue weighted by atomic mass is 19.1. The van der Waals surface area contributed by atoms with E-state index in [2.05, 4.69) is 5.32 Å². The van der Waals surface area contributed by atoms with Crippen molar-refractivity contribution in [3.05, 3.63) is 54.3 Å². The Morgan fingerprint density at radius 3 is 2.52 bits per heavy atom. The van der Waals surface area contributed by atoms with Gasteiger partial charge in [0.1, 0.15) is 5.82 Å². The Balaban J connectivity index is 1.58. The average molecular weight is 372 g/mol. The van der Waals surface area contributed by atoms with Gasteiger partial charge < -0.3 is 14.7 Å². The molecule has 0 unspecified atom stereocenters. The maximum atomic E-state index is 13.7. The first-order chi connectivity index (χ1) is 13.0. The van der Waals surface area contributed by atoms with Gasteiger partial charge in [0.05, 0.1) is 12.3 Å². The zero-order valence-electron chi connectivity index (χ0n) is 14.7. The Labute approximate surface area is 156 Å². The zero-order valence-corrected chi connectivity index (χ0v) is 14.7. The van der Waals surface area contributed by atoms with Crippen LogP contribution in [0.25, 0.3) is 11.1 Å². The van der Waals surface area contributed by atoms with Gasteiger partial charge in [0.15, 0.2) is 0 Å². The number of benzene rings is 2. The van der Waals surface area contributed by atoms with Crippen molar-refractivity contribution in [2.75, 3.05) is 25.0 Å². The van der Waals surface area contributed by atoms with E-state index >= 15 is 0 Å². The van der Waals surface area contributed by atoms with Gasteiger partial charge in [-0.05, 0) is 42.5 Å². The molecule has 0 aliphatic carbocycles. The van der Waals surface area contributed by atoms with Crippen LogP contribution in [0.5, 0.6) is 0 Å². The number of carboxylic acid groups (broad SMARTS) is 1. The number of carbonyl (C=O) groups is 2. The molecule has 0 saturated carbocycles. The maximum Gasteiger partial charge on any atom is 0.411 e. The number of hydrogen-bond acceptors (Lipinski definition) is 3. The molecule has 2 aromatic carbocycles. The van der Waals surface area contributed by atoms with Gasteiger partial charge in [0.2, 0.25) is 0 Å². The summed E-state index contributed by atoms with van der Waals surface area (Å²) in [6.45, 7) is 1.11. The van der Waals surface area contributed by atoms with Crippen LogP contribution in [0.3, 0.4) is 0 Å². The molecule has 1 heterocycles. The number of piperidine rings is 1. The molecule has 1 saturated heterocycles. The van der Waals surface area contributed by atoms with Gasteiger partial charge in [-0.2, -0.15) is 0 Å². The van der Waals surface area contributed by atoms with Crippen molar-refractivity contribution in [3.8, 4) is 11.1 Å². The summed E-state index contributed by atoms with van der Waals surface area (Å²) in [5.41, 5.74) is 1.82. The van der Waals surface area contributed by atoms with E-state index in [0.29, 0.717) is 37.2 Å². The highest BCUT2D eigenvalue weighted by Gasteiger charge is 2.23. The van der Waals surface area contributed by atoms with Crippen molar-refractivity contribution >= 4 is 17.9 Å². The molecule has 3 rings (SSSR count). The number of halogens is 1. The number of amides is 2. The van der Waals surface area contributed by atoms with Gasteiger partial charge in [-0.25, -0.2) is 14.0 Å². The summed E-state index contributed by atoms with van der Waals surface area (Å²) in [5, 5.41) is 11.6. The fraction of sp³-hybridized carbons (Fsp3) is 0.300. The predicted octanol–water partition coefficient (Wildman–Crippen LogP) is 4.43. The topological polar surface area (TPSA) is 78.9 Å². The second-order valence-electron chi connectivity index (χ2n) is 6.49. The molecule has 6 nitrogen and oxygen atoms in total. The minimum absolute atomic E-state index is 0.133. The van der Waals surface area contributed by atoms with Crippen LogP contribution in [-0.2, 0) is 4.74 Å². The van der Waals surface area contributed by atoms with E-state index in [4.69, 9.17) is 9.84 Å². The standard InChI is InChI=1S/C20H21FN2O4/c21-16-6-7-18(17(12-16)15-4-2-1-3-5-15)22-19(24)27-13-14-8-10-23(11-9-14)20(25)26/h1-7,12,14H,8-11,13H2,(H,22,24)(H,25,26). The summed E-state index contributed by atoms with van der Waals surface area (Å²) in [5.74, 6) is -0.258. The van der Waals surface area contributed by atoms with Crippen LogP contribution in [0.1, 0.15) is 12.8 Å². The van der Waals surface area contributed by atoms with Crippen molar-refractivity contribution in [1.82, 2.24) is 4.90 Å². The third-order valence-corrected chi connectivity index (χ3v) is 4.64. The summed E-state index contributed by atoms with van der Waals surface area (Å²) >= 11 is 0. The molecule has 2 aromatic rings. The molecule has 0 atom stereocenters. The summed E-state index contributed by atoms with van der Waals surface area (Å²) in [4.78, 5) is 24.4. The third-order valence-electron chi connectivity index (χ3n) is 4.64. The van der Waals surface area contributed by atoms with Gasteiger partial charge in [-0.1, -0.05) is 30.3 Å². The molecule has 0 aromatic heterocycles. The first-order valence-corrected chi connectivity index (χ1v) is 8.79. The summed E-state index contributed by atoms with van der Waals surface area (Å²) in [7, 11) is 0. The van der Waals surface area contributed by atoms with Crippen molar-refractivity contribution in [2.24, 2.45) is 5.92 Å². The number of nitrogens with zero attached hydrogens (tertiary/aromatic N) is 1. The monoisotopic (exact) mass is 372 g/mol. The first-order valence-electron chi connectivity index (χ1n) is 8.79. The first kappa shape index (κ1) is 18.7.